The quantitative estimate of drug-likeness (QED) is 0.297. The molecule has 4 heteroatoms. The lowest BCUT2D eigenvalue weighted by molar-refractivity contribution is -0.132. The Kier molecular flexibility index (Phi) is 6.81. The molecule has 0 spiro atoms. The van der Waals surface area contributed by atoms with Crippen LogP contribution in [-0.4, -0.2) is 20.9 Å². The van der Waals surface area contributed by atoms with Crippen molar-refractivity contribution in [2.24, 2.45) is 0 Å². The molecule has 0 rings (SSSR count). The lowest BCUT2D eigenvalue weighted by Gasteiger charge is -2.19. The zero-order valence-electron chi connectivity index (χ0n) is 10.8. The summed E-state index contributed by atoms with van der Waals surface area (Å²) in [7, 11) is -1.54. The van der Waals surface area contributed by atoms with Crippen molar-refractivity contribution < 1.29 is 14.0 Å². The first-order valence-corrected chi connectivity index (χ1v) is 8.91. The number of hydrogen-bond acceptors (Lipinski definition) is 3. The molecular weight excluding hydrogens is 220 g/mol. The van der Waals surface area contributed by atoms with E-state index >= 15 is 0 Å². The molecule has 92 valence electrons. The van der Waals surface area contributed by atoms with Crippen molar-refractivity contribution in [2.45, 2.75) is 46.0 Å². The largest absolute Gasteiger partial charge is 0.545 e. The minimum Gasteiger partial charge on any atom is -0.545 e. The predicted molar refractivity (Wildman–Crippen MR) is 68.6 cm³/mol. The summed E-state index contributed by atoms with van der Waals surface area (Å²) in [5, 5.41) is 0. The average molecular weight is 242 g/mol. The van der Waals surface area contributed by atoms with Gasteiger partial charge < -0.3 is 9.16 Å². The summed E-state index contributed by atoms with van der Waals surface area (Å²) in [4.78, 5) is 10.1. The van der Waals surface area contributed by atoms with Gasteiger partial charge in [0.15, 0.2) is 0 Å². The molecule has 3 nitrogen and oxygen atoms in total. The fourth-order valence-corrected chi connectivity index (χ4v) is 1.96. The fourth-order valence-electron chi connectivity index (χ4n) is 1.07. The second kappa shape index (κ2) is 7.27. The second-order valence-electron chi connectivity index (χ2n) is 4.59. The molecule has 0 saturated heterocycles. The molecule has 0 aromatic rings. The summed E-state index contributed by atoms with van der Waals surface area (Å²) < 4.78 is 10.6. The van der Waals surface area contributed by atoms with Crippen molar-refractivity contribution >= 4 is 14.8 Å². The number of ether oxygens (including phenoxy) is 1. The minimum absolute atomic E-state index is 0.0845. The van der Waals surface area contributed by atoms with Gasteiger partial charge >= 0.3 is 0 Å². The molecule has 16 heavy (non-hydrogen) atoms. The number of hydrogen-bond donors (Lipinski definition) is 0. The second-order valence-corrected chi connectivity index (χ2v) is 9.02. The van der Waals surface area contributed by atoms with E-state index in [0.29, 0.717) is 12.9 Å². The Bertz CT molecular complexity index is 264. The minimum atomic E-state index is -1.54. The van der Waals surface area contributed by atoms with Crippen LogP contribution in [0.2, 0.25) is 19.6 Å². The lowest BCUT2D eigenvalue weighted by Crippen LogP contribution is -2.24. The molecule has 0 N–H and O–H groups in total. The van der Waals surface area contributed by atoms with Gasteiger partial charge in [0, 0.05) is 6.42 Å². The summed E-state index contributed by atoms with van der Waals surface area (Å²) in [5.41, 5.74) is 0. The maximum absolute atomic E-state index is 10.1. The highest BCUT2D eigenvalue weighted by Gasteiger charge is 2.15. The molecule has 0 amide bonds. The average Bonchev–Trinajstić information content (AvgIpc) is 2.14. The summed E-state index contributed by atoms with van der Waals surface area (Å²) in [6, 6.07) is 0. The van der Waals surface area contributed by atoms with Crippen molar-refractivity contribution in [1.82, 2.24) is 0 Å². The van der Waals surface area contributed by atoms with Gasteiger partial charge in [-0.3, -0.25) is 4.79 Å². The molecule has 0 saturated carbocycles. The molecule has 0 aliphatic rings. The highest BCUT2D eigenvalue weighted by Crippen LogP contribution is 2.12. The first-order valence-electron chi connectivity index (χ1n) is 5.50. The van der Waals surface area contributed by atoms with Gasteiger partial charge in [0.25, 0.3) is 6.47 Å². The van der Waals surface area contributed by atoms with Gasteiger partial charge in [-0.15, -0.1) is 0 Å². The van der Waals surface area contributed by atoms with Crippen LogP contribution in [0, 0.1) is 0 Å². The summed E-state index contributed by atoms with van der Waals surface area (Å²) in [5.74, 6) is 0.887. The highest BCUT2D eigenvalue weighted by atomic mass is 28.4. The Hall–Kier alpha value is -1.03. The zero-order chi connectivity index (χ0) is 12.6. The third-order valence-corrected chi connectivity index (χ3v) is 2.59. The van der Waals surface area contributed by atoms with Crippen LogP contribution >= 0.6 is 0 Å². The zero-order valence-corrected chi connectivity index (χ0v) is 11.8. The lowest BCUT2D eigenvalue weighted by atomic mass is 10.2. The summed E-state index contributed by atoms with van der Waals surface area (Å²) in [6.07, 6.45) is 6.45. The number of carbonyl (C=O) groups is 1. The van der Waals surface area contributed by atoms with E-state index in [-0.39, 0.29) is 6.10 Å². The number of carbonyl (C=O) groups excluding carboxylic acids is 1. The Labute approximate surface area is 99.3 Å². The Morgan fingerprint density at radius 1 is 1.38 bits per heavy atom. The van der Waals surface area contributed by atoms with Crippen molar-refractivity contribution in [1.29, 1.82) is 0 Å². The van der Waals surface area contributed by atoms with Crippen LogP contribution in [0.1, 0.15) is 20.3 Å². The molecule has 0 radical (unpaired) electrons. The molecule has 0 bridgehead atoms. The normalized spacial score (nSPS) is 14.9. The molecule has 0 aromatic carbocycles. The van der Waals surface area contributed by atoms with Crippen LogP contribution in [0.15, 0.2) is 24.0 Å². The summed E-state index contributed by atoms with van der Waals surface area (Å²) in [6.45, 7) is 10.7. The molecule has 0 aliphatic carbocycles. The van der Waals surface area contributed by atoms with E-state index in [1.54, 1.807) is 0 Å². The van der Waals surface area contributed by atoms with E-state index < -0.39 is 8.32 Å². The third kappa shape index (κ3) is 8.29. The first kappa shape index (κ1) is 15.0. The van der Waals surface area contributed by atoms with Gasteiger partial charge in [-0.1, -0.05) is 6.08 Å². The smallest absolute Gasteiger partial charge is 0.293 e. The van der Waals surface area contributed by atoms with Gasteiger partial charge in [-0.25, -0.2) is 0 Å². The fraction of sp³-hybridized carbons (Fsp3) is 0.583. The van der Waals surface area contributed by atoms with Gasteiger partial charge in [0.2, 0.25) is 8.32 Å². The van der Waals surface area contributed by atoms with Crippen LogP contribution < -0.4 is 0 Å². The maximum atomic E-state index is 10.1. The van der Waals surface area contributed by atoms with Gasteiger partial charge in [0.05, 0.1) is 5.76 Å². The van der Waals surface area contributed by atoms with Crippen molar-refractivity contribution in [2.75, 3.05) is 0 Å². The van der Waals surface area contributed by atoms with E-state index in [9.17, 15) is 4.79 Å². The van der Waals surface area contributed by atoms with Crippen LogP contribution in [0.5, 0.6) is 0 Å². The van der Waals surface area contributed by atoms with E-state index in [1.165, 1.54) is 0 Å². The SMILES string of the molecule is C/C=C(\C=C\C[C@@H](C)OC=O)O[Si](C)(C)C. The Morgan fingerprint density at radius 2 is 2.00 bits per heavy atom. The number of allylic oxidation sites excluding steroid dienone is 2. The predicted octanol–water partition coefficient (Wildman–Crippen LogP) is 3.25. The van der Waals surface area contributed by atoms with E-state index in [1.807, 2.05) is 32.1 Å². The van der Waals surface area contributed by atoms with Crippen molar-refractivity contribution in [3.8, 4) is 0 Å². The van der Waals surface area contributed by atoms with E-state index in [0.717, 1.165) is 5.76 Å². The molecule has 0 fully saturated rings. The molecule has 0 aliphatic heterocycles. The molecule has 0 aromatic heterocycles. The Balaban J connectivity index is 4.14. The molecular formula is C12H22O3Si. The van der Waals surface area contributed by atoms with Crippen LogP contribution in [0.4, 0.5) is 0 Å². The van der Waals surface area contributed by atoms with Gasteiger partial charge in [-0.05, 0) is 45.6 Å². The third-order valence-electron chi connectivity index (χ3n) is 1.75. The van der Waals surface area contributed by atoms with Gasteiger partial charge in [0.1, 0.15) is 6.10 Å². The first-order chi connectivity index (χ1) is 7.39. The molecule has 0 heterocycles. The molecule has 1 atom stereocenters. The van der Waals surface area contributed by atoms with E-state index in [2.05, 4.69) is 19.6 Å². The highest BCUT2D eigenvalue weighted by molar-refractivity contribution is 6.70. The van der Waals surface area contributed by atoms with Crippen LogP contribution in [0.25, 0.3) is 0 Å². The van der Waals surface area contributed by atoms with Crippen molar-refractivity contribution in [3.05, 3.63) is 24.0 Å². The molecule has 0 unspecified atom stereocenters. The summed E-state index contributed by atoms with van der Waals surface area (Å²) >= 11 is 0. The van der Waals surface area contributed by atoms with Gasteiger partial charge in [-0.2, -0.15) is 0 Å². The van der Waals surface area contributed by atoms with Crippen LogP contribution in [-0.2, 0) is 14.0 Å². The van der Waals surface area contributed by atoms with Crippen LogP contribution in [0.3, 0.4) is 0 Å². The number of rotatable bonds is 7. The Morgan fingerprint density at radius 3 is 2.44 bits per heavy atom. The topological polar surface area (TPSA) is 35.5 Å². The van der Waals surface area contributed by atoms with Crippen molar-refractivity contribution in [3.63, 3.8) is 0 Å². The monoisotopic (exact) mass is 242 g/mol. The standard InChI is InChI=1S/C12H22O3Si/c1-6-12(15-16(3,4)5)9-7-8-11(2)14-10-13/h6-7,9-11H,8H2,1-5H3/b9-7+,12-6+/t11-/m1/s1. The van der Waals surface area contributed by atoms with E-state index in [4.69, 9.17) is 9.16 Å². The maximum Gasteiger partial charge on any atom is 0.293 e.